The van der Waals surface area contributed by atoms with Gasteiger partial charge in [-0.1, -0.05) is 54.6 Å². The van der Waals surface area contributed by atoms with E-state index < -0.39 is 41.4 Å². The average Bonchev–Trinajstić information content (AvgIpc) is 2.90. The zero-order valence-corrected chi connectivity index (χ0v) is 21.3. The molecule has 0 spiro atoms. The first-order valence-corrected chi connectivity index (χ1v) is 12.2. The average molecular weight is 600 g/mol. The minimum atomic E-state index is -5.04. The quantitative estimate of drug-likeness (QED) is 0.196. The first-order chi connectivity index (χ1) is 19.6. The minimum absolute atomic E-state index is 0.00918. The van der Waals surface area contributed by atoms with E-state index in [4.69, 9.17) is 0 Å². The maximum absolute atomic E-state index is 13.4. The van der Waals surface area contributed by atoms with Crippen molar-refractivity contribution in [3.05, 3.63) is 119 Å². The summed E-state index contributed by atoms with van der Waals surface area (Å²) in [5.74, 6) is -1.41. The molecule has 0 bridgehead atoms. The fourth-order valence-electron chi connectivity index (χ4n) is 4.51. The van der Waals surface area contributed by atoms with Crippen LogP contribution in [-0.2, 0) is 18.0 Å². The van der Waals surface area contributed by atoms with Gasteiger partial charge in [0.15, 0.2) is 0 Å². The topological polar surface area (TPSA) is 43.4 Å². The number of hydrogen-bond donors (Lipinski definition) is 1. The Hall–Kier alpha value is -4.42. The van der Waals surface area contributed by atoms with E-state index >= 15 is 0 Å². The van der Waals surface area contributed by atoms with Crippen LogP contribution < -0.4 is 14.8 Å². The van der Waals surface area contributed by atoms with Crippen molar-refractivity contribution < 1.29 is 49.0 Å². The highest BCUT2D eigenvalue weighted by atomic mass is 19.4. The summed E-state index contributed by atoms with van der Waals surface area (Å²) in [6.45, 7) is -0.304. The lowest BCUT2D eigenvalue weighted by Crippen LogP contribution is -2.38. The van der Waals surface area contributed by atoms with Gasteiger partial charge in [-0.3, -0.25) is 0 Å². The highest BCUT2D eigenvalue weighted by Crippen LogP contribution is 2.40. The molecule has 4 aromatic rings. The van der Waals surface area contributed by atoms with Gasteiger partial charge in [-0.15, -0.1) is 26.3 Å². The van der Waals surface area contributed by atoms with Gasteiger partial charge in [-0.2, -0.15) is 13.2 Å². The lowest BCUT2D eigenvalue weighted by atomic mass is 9.70. The number of anilines is 1. The zero-order valence-electron chi connectivity index (χ0n) is 21.3. The fraction of sp³-hybridized carbons (Fsp3) is 0.207. The van der Waals surface area contributed by atoms with Gasteiger partial charge in [0.2, 0.25) is 0 Å². The van der Waals surface area contributed by atoms with Gasteiger partial charge in [-0.25, -0.2) is 4.98 Å². The third kappa shape index (κ3) is 8.08. The van der Waals surface area contributed by atoms with Gasteiger partial charge in [0, 0.05) is 18.2 Å². The molecule has 1 N–H and O–H groups in total. The second-order valence-corrected chi connectivity index (χ2v) is 9.18. The number of halogens is 9. The van der Waals surface area contributed by atoms with Crippen molar-refractivity contribution in [3.8, 4) is 11.5 Å². The van der Waals surface area contributed by atoms with E-state index in [2.05, 4.69) is 19.8 Å². The van der Waals surface area contributed by atoms with Crippen LogP contribution in [0, 0.1) is 0 Å². The number of ether oxygens (including phenoxy) is 2. The van der Waals surface area contributed by atoms with Gasteiger partial charge in [-0.05, 0) is 59.5 Å². The van der Waals surface area contributed by atoms with Crippen LogP contribution >= 0.6 is 0 Å². The molecule has 42 heavy (non-hydrogen) atoms. The van der Waals surface area contributed by atoms with E-state index in [-0.39, 0.29) is 29.9 Å². The molecule has 13 heteroatoms. The van der Waals surface area contributed by atoms with E-state index in [1.54, 1.807) is 30.3 Å². The van der Waals surface area contributed by atoms with Gasteiger partial charge in [0.05, 0.1) is 5.56 Å². The summed E-state index contributed by atoms with van der Waals surface area (Å²) < 4.78 is 127. The molecule has 1 heterocycles. The maximum atomic E-state index is 13.4. The summed E-state index contributed by atoms with van der Waals surface area (Å²) in [4.78, 5) is 3.92. The molecule has 0 aliphatic carbocycles. The van der Waals surface area contributed by atoms with E-state index in [9.17, 15) is 39.5 Å². The lowest BCUT2D eigenvalue weighted by Gasteiger charge is -2.36. The van der Waals surface area contributed by atoms with E-state index in [1.807, 2.05) is 0 Å². The predicted octanol–water partition coefficient (Wildman–Crippen LogP) is 8.54. The molecule has 0 amide bonds. The Morgan fingerprint density at radius 2 is 1.14 bits per heavy atom. The molecule has 0 saturated carbocycles. The summed E-state index contributed by atoms with van der Waals surface area (Å²) in [5, 5.41) is 2.81. The molecule has 4 rings (SSSR count). The van der Waals surface area contributed by atoms with Gasteiger partial charge < -0.3 is 14.8 Å². The van der Waals surface area contributed by atoms with Crippen LogP contribution in [0.1, 0.15) is 22.3 Å². The molecule has 0 aliphatic heterocycles. The molecule has 1 aromatic heterocycles. The summed E-state index contributed by atoms with van der Waals surface area (Å²) >= 11 is 0. The molecule has 0 aliphatic rings. The first kappa shape index (κ1) is 30.5. The maximum Gasteiger partial charge on any atom is 0.573 e. The first-order valence-electron chi connectivity index (χ1n) is 12.2. The molecule has 0 saturated heterocycles. The molecule has 0 fully saturated rings. The van der Waals surface area contributed by atoms with Crippen LogP contribution in [0.2, 0.25) is 0 Å². The van der Waals surface area contributed by atoms with Gasteiger partial charge >= 0.3 is 18.9 Å². The summed E-state index contributed by atoms with van der Waals surface area (Å²) in [7, 11) is 0. The highest BCUT2D eigenvalue weighted by Gasteiger charge is 2.38. The highest BCUT2D eigenvalue weighted by molar-refractivity contribution is 5.50. The van der Waals surface area contributed by atoms with Crippen molar-refractivity contribution in [2.45, 2.75) is 30.7 Å². The molecular formula is C29H21F9N2O2. The van der Waals surface area contributed by atoms with Crippen molar-refractivity contribution in [2.24, 2.45) is 0 Å². The number of benzene rings is 3. The lowest BCUT2D eigenvalue weighted by molar-refractivity contribution is -0.275. The molecule has 0 radical (unpaired) electrons. The summed E-state index contributed by atoms with van der Waals surface area (Å²) in [5.41, 5.74) is -1.53. The van der Waals surface area contributed by atoms with Crippen molar-refractivity contribution in [2.75, 3.05) is 11.9 Å². The molecule has 0 unspecified atom stereocenters. The van der Waals surface area contributed by atoms with Crippen LogP contribution in [-0.4, -0.2) is 24.3 Å². The molecule has 4 nitrogen and oxygen atoms in total. The van der Waals surface area contributed by atoms with Crippen LogP contribution in [0.25, 0.3) is 0 Å². The predicted molar refractivity (Wildman–Crippen MR) is 135 cm³/mol. The van der Waals surface area contributed by atoms with Gasteiger partial charge in [0.25, 0.3) is 0 Å². The van der Waals surface area contributed by atoms with Crippen molar-refractivity contribution in [3.63, 3.8) is 0 Å². The van der Waals surface area contributed by atoms with Crippen LogP contribution in [0.4, 0.5) is 45.3 Å². The smallest absolute Gasteiger partial charge is 0.406 e. The molecule has 0 atom stereocenters. The molecule has 3 aromatic carbocycles. The standard InChI is InChI=1S/C29H21F9N2O2/c30-27(31,32)22-12-13-39-25(16-22)40-18-26(17-19-6-2-1-3-7-19,20-8-4-10-23(14-20)41-28(33,34)35)21-9-5-11-24(15-21)42-29(36,37)38/h1-16H,17-18H2,(H,39,40). The van der Waals surface area contributed by atoms with Gasteiger partial charge in [0.1, 0.15) is 17.3 Å². The second-order valence-electron chi connectivity index (χ2n) is 9.18. The van der Waals surface area contributed by atoms with Crippen molar-refractivity contribution in [1.29, 1.82) is 0 Å². The van der Waals surface area contributed by atoms with E-state index in [1.165, 1.54) is 24.3 Å². The number of nitrogens with zero attached hydrogens (tertiary/aromatic N) is 1. The Balaban J connectivity index is 1.90. The van der Waals surface area contributed by atoms with Crippen LogP contribution in [0.3, 0.4) is 0 Å². The number of alkyl halides is 9. The molecular weight excluding hydrogens is 579 g/mol. The second kappa shape index (κ2) is 11.8. The minimum Gasteiger partial charge on any atom is -0.406 e. The Kier molecular flexibility index (Phi) is 8.60. The Morgan fingerprint density at radius 3 is 1.64 bits per heavy atom. The van der Waals surface area contributed by atoms with Crippen molar-refractivity contribution in [1.82, 2.24) is 4.98 Å². The summed E-state index contributed by atoms with van der Waals surface area (Å²) in [6, 6.07) is 19.7. The van der Waals surface area contributed by atoms with Crippen LogP contribution in [0.5, 0.6) is 11.5 Å². The Labute approximate surface area is 233 Å². The zero-order chi connectivity index (χ0) is 30.6. The Morgan fingerprint density at radius 1 is 0.595 bits per heavy atom. The molecule has 222 valence electrons. The number of pyridine rings is 1. The Bertz CT molecular complexity index is 1430. The third-order valence-electron chi connectivity index (χ3n) is 6.25. The summed E-state index contributed by atoms with van der Waals surface area (Å²) in [6.07, 6.45) is -13.8. The SMILES string of the molecule is FC(F)(F)Oc1cccc(C(CNc2cc(C(F)(F)F)ccn2)(Cc2ccccc2)c2cccc(OC(F)(F)F)c2)c1. The van der Waals surface area contributed by atoms with E-state index in [0.717, 1.165) is 42.6 Å². The fourth-order valence-corrected chi connectivity index (χ4v) is 4.51. The monoisotopic (exact) mass is 600 g/mol. The number of nitrogens with one attached hydrogen (secondary N) is 1. The largest absolute Gasteiger partial charge is 0.573 e. The van der Waals surface area contributed by atoms with Crippen molar-refractivity contribution >= 4 is 5.82 Å². The third-order valence-corrected chi connectivity index (χ3v) is 6.25. The number of rotatable bonds is 9. The normalized spacial score (nSPS) is 12.6. The number of aromatic nitrogens is 1. The number of hydrogen-bond acceptors (Lipinski definition) is 4. The van der Waals surface area contributed by atoms with E-state index in [0.29, 0.717) is 5.56 Å². The van der Waals surface area contributed by atoms with Crippen LogP contribution in [0.15, 0.2) is 97.2 Å².